The summed E-state index contributed by atoms with van der Waals surface area (Å²) in [4.78, 5) is 13.6. The van der Waals surface area contributed by atoms with E-state index in [0.29, 0.717) is 6.61 Å². The number of carbonyl (C=O) groups excluding carboxylic acids is 1. The second-order valence-corrected chi connectivity index (χ2v) is 5.00. The summed E-state index contributed by atoms with van der Waals surface area (Å²) in [5.41, 5.74) is 3.72. The number of benzene rings is 1. The van der Waals surface area contributed by atoms with Crippen molar-refractivity contribution in [2.45, 2.75) is 19.7 Å². The molecule has 19 heavy (non-hydrogen) atoms. The molecule has 2 aliphatic heterocycles. The van der Waals surface area contributed by atoms with Crippen LogP contribution in [0.3, 0.4) is 0 Å². The number of hydrogen-bond acceptors (Lipinski definition) is 4. The van der Waals surface area contributed by atoms with Crippen LogP contribution >= 0.6 is 0 Å². The van der Waals surface area contributed by atoms with Crippen molar-refractivity contribution in [3.05, 3.63) is 34.9 Å². The zero-order chi connectivity index (χ0) is 13.1. The standard InChI is InChI=1S/C14H19N3O2/c18-14(17-5-3-15-4-6-17)19-10-11-1-2-12-8-16-9-13(12)7-11/h1-2,7,15-16H,3-6,8-10H2. The Morgan fingerprint density at radius 2 is 1.95 bits per heavy atom. The van der Waals surface area contributed by atoms with Gasteiger partial charge in [-0.05, 0) is 16.7 Å². The summed E-state index contributed by atoms with van der Waals surface area (Å²) in [5.74, 6) is 0. The third-order valence-corrected chi connectivity index (χ3v) is 3.64. The van der Waals surface area contributed by atoms with E-state index in [0.717, 1.165) is 44.8 Å². The van der Waals surface area contributed by atoms with Gasteiger partial charge in [-0.1, -0.05) is 18.2 Å². The van der Waals surface area contributed by atoms with Gasteiger partial charge in [-0.2, -0.15) is 0 Å². The second-order valence-electron chi connectivity index (χ2n) is 5.00. The quantitative estimate of drug-likeness (QED) is 0.828. The summed E-state index contributed by atoms with van der Waals surface area (Å²) in [6.45, 7) is 5.36. The number of carbonyl (C=O) groups is 1. The number of ether oxygens (including phenoxy) is 1. The van der Waals surface area contributed by atoms with E-state index in [1.807, 2.05) is 6.07 Å². The van der Waals surface area contributed by atoms with Gasteiger partial charge in [0.05, 0.1) is 0 Å². The first-order chi connectivity index (χ1) is 9.33. The van der Waals surface area contributed by atoms with Crippen LogP contribution in [-0.4, -0.2) is 37.2 Å². The van der Waals surface area contributed by atoms with Gasteiger partial charge >= 0.3 is 6.09 Å². The van der Waals surface area contributed by atoms with E-state index in [1.165, 1.54) is 11.1 Å². The Balaban J connectivity index is 1.55. The van der Waals surface area contributed by atoms with Gasteiger partial charge in [-0.15, -0.1) is 0 Å². The molecule has 1 amide bonds. The van der Waals surface area contributed by atoms with Crippen LogP contribution in [0.4, 0.5) is 4.79 Å². The third kappa shape index (κ3) is 2.88. The first kappa shape index (κ1) is 12.4. The molecule has 1 aromatic rings. The number of amides is 1. The molecule has 0 unspecified atom stereocenters. The van der Waals surface area contributed by atoms with Crippen LogP contribution < -0.4 is 10.6 Å². The maximum absolute atomic E-state index is 11.9. The lowest BCUT2D eigenvalue weighted by Crippen LogP contribution is -2.46. The average Bonchev–Trinajstić information content (AvgIpc) is 2.93. The molecule has 5 nitrogen and oxygen atoms in total. The van der Waals surface area contributed by atoms with Crippen molar-refractivity contribution >= 4 is 6.09 Å². The Hall–Kier alpha value is -1.59. The molecule has 1 fully saturated rings. The molecule has 0 spiro atoms. The van der Waals surface area contributed by atoms with Gasteiger partial charge in [0, 0.05) is 39.3 Å². The highest BCUT2D eigenvalue weighted by Crippen LogP contribution is 2.17. The van der Waals surface area contributed by atoms with Crippen LogP contribution in [0.2, 0.25) is 0 Å². The van der Waals surface area contributed by atoms with Gasteiger partial charge in [0.2, 0.25) is 0 Å². The summed E-state index contributed by atoms with van der Waals surface area (Å²) in [7, 11) is 0. The van der Waals surface area contributed by atoms with Crippen molar-refractivity contribution in [2.75, 3.05) is 26.2 Å². The minimum absolute atomic E-state index is 0.208. The SMILES string of the molecule is O=C(OCc1ccc2c(c1)CNC2)N1CCNCC1. The zero-order valence-electron chi connectivity index (χ0n) is 10.9. The van der Waals surface area contributed by atoms with E-state index in [9.17, 15) is 4.79 Å². The summed E-state index contributed by atoms with van der Waals surface area (Å²) in [6.07, 6.45) is -0.208. The van der Waals surface area contributed by atoms with Crippen molar-refractivity contribution < 1.29 is 9.53 Å². The Morgan fingerprint density at radius 3 is 2.79 bits per heavy atom. The Labute approximate surface area is 112 Å². The number of hydrogen-bond donors (Lipinski definition) is 2. The molecular weight excluding hydrogens is 242 g/mol. The lowest BCUT2D eigenvalue weighted by molar-refractivity contribution is 0.0918. The van der Waals surface area contributed by atoms with Gasteiger partial charge in [0.25, 0.3) is 0 Å². The van der Waals surface area contributed by atoms with Gasteiger partial charge in [-0.3, -0.25) is 0 Å². The predicted octanol–water partition coefficient (Wildman–Crippen LogP) is 0.832. The average molecular weight is 261 g/mol. The minimum atomic E-state index is -0.208. The Kier molecular flexibility index (Phi) is 3.66. The van der Waals surface area contributed by atoms with Crippen molar-refractivity contribution in [1.29, 1.82) is 0 Å². The molecule has 0 radical (unpaired) electrons. The van der Waals surface area contributed by atoms with E-state index in [2.05, 4.69) is 22.8 Å². The zero-order valence-corrected chi connectivity index (χ0v) is 10.9. The number of fused-ring (bicyclic) bond motifs is 1. The van der Waals surface area contributed by atoms with Crippen molar-refractivity contribution in [3.63, 3.8) is 0 Å². The molecule has 0 aromatic heterocycles. The number of piperazine rings is 1. The number of nitrogens with one attached hydrogen (secondary N) is 2. The molecule has 3 rings (SSSR count). The fourth-order valence-corrected chi connectivity index (χ4v) is 2.52. The number of rotatable bonds is 2. The molecule has 1 aromatic carbocycles. The molecule has 0 aliphatic carbocycles. The fraction of sp³-hybridized carbons (Fsp3) is 0.500. The van der Waals surface area contributed by atoms with E-state index in [-0.39, 0.29) is 6.09 Å². The second kappa shape index (κ2) is 5.59. The normalized spacial score (nSPS) is 18.2. The van der Waals surface area contributed by atoms with Crippen LogP contribution in [0, 0.1) is 0 Å². The molecule has 0 saturated carbocycles. The first-order valence-electron chi connectivity index (χ1n) is 6.77. The maximum atomic E-state index is 11.9. The molecule has 1 saturated heterocycles. The maximum Gasteiger partial charge on any atom is 0.410 e. The monoisotopic (exact) mass is 261 g/mol. The van der Waals surface area contributed by atoms with E-state index >= 15 is 0 Å². The highest BCUT2D eigenvalue weighted by molar-refractivity contribution is 5.67. The van der Waals surface area contributed by atoms with E-state index in [1.54, 1.807) is 4.90 Å². The lowest BCUT2D eigenvalue weighted by atomic mass is 10.1. The first-order valence-corrected chi connectivity index (χ1v) is 6.77. The summed E-state index contributed by atoms with van der Waals surface area (Å²) < 4.78 is 5.37. The minimum Gasteiger partial charge on any atom is -0.445 e. The molecule has 2 aliphatic rings. The fourth-order valence-electron chi connectivity index (χ4n) is 2.52. The highest BCUT2D eigenvalue weighted by Gasteiger charge is 2.17. The van der Waals surface area contributed by atoms with Crippen LogP contribution in [0.5, 0.6) is 0 Å². The highest BCUT2D eigenvalue weighted by atomic mass is 16.6. The summed E-state index contributed by atoms with van der Waals surface area (Å²) >= 11 is 0. The largest absolute Gasteiger partial charge is 0.445 e. The number of nitrogens with zero attached hydrogens (tertiary/aromatic N) is 1. The van der Waals surface area contributed by atoms with Crippen LogP contribution in [0.15, 0.2) is 18.2 Å². The van der Waals surface area contributed by atoms with Crippen molar-refractivity contribution in [2.24, 2.45) is 0 Å². The smallest absolute Gasteiger partial charge is 0.410 e. The predicted molar refractivity (Wildman–Crippen MR) is 71.6 cm³/mol. The molecule has 5 heteroatoms. The van der Waals surface area contributed by atoms with Crippen LogP contribution in [0.1, 0.15) is 16.7 Å². The van der Waals surface area contributed by atoms with Crippen LogP contribution in [-0.2, 0) is 24.4 Å². The molecule has 0 atom stereocenters. The summed E-state index contributed by atoms with van der Waals surface area (Å²) in [6, 6.07) is 6.28. The Morgan fingerprint density at radius 1 is 1.16 bits per heavy atom. The van der Waals surface area contributed by atoms with Gasteiger partial charge in [0.1, 0.15) is 6.61 Å². The molecule has 2 N–H and O–H groups in total. The van der Waals surface area contributed by atoms with Gasteiger partial charge in [-0.25, -0.2) is 4.79 Å². The molecule has 102 valence electrons. The molecule has 2 heterocycles. The van der Waals surface area contributed by atoms with Crippen molar-refractivity contribution in [3.8, 4) is 0 Å². The Bertz CT molecular complexity index is 470. The van der Waals surface area contributed by atoms with E-state index in [4.69, 9.17) is 4.74 Å². The summed E-state index contributed by atoms with van der Waals surface area (Å²) in [5, 5.41) is 6.52. The van der Waals surface area contributed by atoms with Gasteiger partial charge in [0.15, 0.2) is 0 Å². The lowest BCUT2D eigenvalue weighted by Gasteiger charge is -2.26. The molecule has 0 bridgehead atoms. The van der Waals surface area contributed by atoms with Gasteiger partial charge < -0.3 is 20.3 Å². The van der Waals surface area contributed by atoms with E-state index < -0.39 is 0 Å². The van der Waals surface area contributed by atoms with Crippen LogP contribution in [0.25, 0.3) is 0 Å². The van der Waals surface area contributed by atoms with Crippen molar-refractivity contribution in [1.82, 2.24) is 15.5 Å². The molecular formula is C14H19N3O2. The topological polar surface area (TPSA) is 53.6 Å². The third-order valence-electron chi connectivity index (χ3n) is 3.64.